The minimum Gasteiger partial charge on any atom is -0.488 e. The quantitative estimate of drug-likeness (QED) is 0.595. The molecule has 2 amide bonds. The number of piperazine rings is 1. The summed E-state index contributed by atoms with van der Waals surface area (Å²) in [5, 5.41) is 0. The first kappa shape index (κ1) is 23.5. The van der Waals surface area contributed by atoms with Crippen LogP contribution in [0.4, 0.5) is 10.1 Å². The smallest absolute Gasteiger partial charge is 0.256 e. The summed E-state index contributed by atoms with van der Waals surface area (Å²) in [6.45, 7) is 6.28. The molecule has 1 saturated heterocycles. The summed E-state index contributed by atoms with van der Waals surface area (Å²) in [5.41, 5.74) is 1.36. The molecule has 2 fully saturated rings. The van der Waals surface area contributed by atoms with Crippen LogP contribution >= 0.6 is 12.4 Å². The highest BCUT2D eigenvalue weighted by molar-refractivity contribution is 6.15. The Morgan fingerprint density at radius 2 is 1.77 bits per heavy atom. The second-order valence-corrected chi connectivity index (χ2v) is 8.44. The number of halogens is 2. The highest BCUT2D eigenvalue weighted by atomic mass is 35.5. The molecule has 1 aromatic rings. The molecular formula is C23H31ClFN3O3. The zero-order chi connectivity index (χ0) is 21.1. The Labute approximate surface area is 189 Å². The molecule has 2 heterocycles. The Bertz CT molecular complexity index is 833. The predicted molar refractivity (Wildman–Crippen MR) is 120 cm³/mol. The van der Waals surface area contributed by atoms with E-state index in [1.54, 1.807) is 19.1 Å². The summed E-state index contributed by atoms with van der Waals surface area (Å²) in [7, 11) is 0. The number of imide groups is 1. The third kappa shape index (κ3) is 5.57. The summed E-state index contributed by atoms with van der Waals surface area (Å²) >= 11 is 0. The SMILES string of the molecule is CC1=CC(=O)N(CCCN2CCN(c3cc(F)ccc3OC3CCCC3)CC2)C1=O.Cl. The number of rotatable bonds is 7. The molecule has 31 heavy (non-hydrogen) atoms. The fraction of sp³-hybridized carbons (Fsp3) is 0.565. The maximum atomic E-state index is 13.9. The van der Waals surface area contributed by atoms with Crippen molar-refractivity contribution in [2.24, 2.45) is 0 Å². The van der Waals surface area contributed by atoms with Gasteiger partial charge in [0.2, 0.25) is 0 Å². The van der Waals surface area contributed by atoms with E-state index in [0.29, 0.717) is 12.1 Å². The number of carbonyl (C=O) groups is 2. The summed E-state index contributed by atoms with van der Waals surface area (Å²) in [4.78, 5) is 29.6. The van der Waals surface area contributed by atoms with Crippen LogP contribution in [0.1, 0.15) is 39.0 Å². The maximum Gasteiger partial charge on any atom is 0.256 e. The van der Waals surface area contributed by atoms with Gasteiger partial charge in [-0.3, -0.25) is 19.4 Å². The third-order valence-electron chi connectivity index (χ3n) is 6.27. The van der Waals surface area contributed by atoms with E-state index in [9.17, 15) is 14.0 Å². The van der Waals surface area contributed by atoms with E-state index in [4.69, 9.17) is 4.74 Å². The molecule has 0 atom stereocenters. The number of hydrogen-bond acceptors (Lipinski definition) is 5. The molecule has 170 valence electrons. The maximum absolute atomic E-state index is 13.9. The molecule has 0 N–H and O–H groups in total. The van der Waals surface area contributed by atoms with Crippen molar-refractivity contribution in [1.29, 1.82) is 0 Å². The van der Waals surface area contributed by atoms with Crippen LogP contribution in [-0.2, 0) is 9.59 Å². The number of nitrogens with zero attached hydrogens (tertiary/aromatic N) is 3. The molecular weight excluding hydrogens is 421 g/mol. The molecule has 1 saturated carbocycles. The van der Waals surface area contributed by atoms with Gasteiger partial charge in [0.25, 0.3) is 11.8 Å². The lowest BCUT2D eigenvalue weighted by molar-refractivity contribution is -0.137. The number of ether oxygens (including phenoxy) is 1. The summed E-state index contributed by atoms with van der Waals surface area (Å²) in [6, 6.07) is 4.82. The number of anilines is 1. The lowest BCUT2D eigenvalue weighted by Crippen LogP contribution is -2.47. The second-order valence-electron chi connectivity index (χ2n) is 8.44. The van der Waals surface area contributed by atoms with Gasteiger partial charge in [0.1, 0.15) is 11.6 Å². The van der Waals surface area contributed by atoms with Crippen LogP contribution in [-0.4, -0.2) is 67.0 Å². The summed E-state index contributed by atoms with van der Waals surface area (Å²) < 4.78 is 20.1. The van der Waals surface area contributed by atoms with Gasteiger partial charge in [0.05, 0.1) is 11.8 Å². The van der Waals surface area contributed by atoms with Gasteiger partial charge in [-0.25, -0.2) is 4.39 Å². The zero-order valence-electron chi connectivity index (χ0n) is 18.0. The zero-order valence-corrected chi connectivity index (χ0v) is 18.8. The molecule has 0 aromatic heterocycles. The molecule has 1 aliphatic carbocycles. The number of hydrogen-bond donors (Lipinski definition) is 0. The van der Waals surface area contributed by atoms with Crippen molar-refractivity contribution >= 4 is 29.9 Å². The first-order valence-corrected chi connectivity index (χ1v) is 11.0. The summed E-state index contributed by atoms with van der Waals surface area (Å²) in [6.07, 6.45) is 6.95. The van der Waals surface area contributed by atoms with E-state index in [0.717, 1.165) is 63.4 Å². The highest BCUT2D eigenvalue weighted by Gasteiger charge is 2.28. The van der Waals surface area contributed by atoms with Gasteiger partial charge >= 0.3 is 0 Å². The first-order valence-electron chi connectivity index (χ1n) is 11.0. The van der Waals surface area contributed by atoms with Gasteiger partial charge < -0.3 is 9.64 Å². The van der Waals surface area contributed by atoms with Crippen molar-refractivity contribution < 1.29 is 18.7 Å². The van der Waals surface area contributed by atoms with Gasteiger partial charge in [-0.05, 0) is 57.7 Å². The molecule has 4 rings (SSSR count). The van der Waals surface area contributed by atoms with Crippen LogP contribution in [0.15, 0.2) is 29.8 Å². The molecule has 1 aromatic carbocycles. The van der Waals surface area contributed by atoms with Crippen molar-refractivity contribution in [3.8, 4) is 5.75 Å². The molecule has 0 radical (unpaired) electrons. The van der Waals surface area contributed by atoms with Crippen LogP contribution in [0, 0.1) is 5.82 Å². The van der Waals surface area contributed by atoms with Crippen LogP contribution in [0.3, 0.4) is 0 Å². The van der Waals surface area contributed by atoms with Crippen LogP contribution in [0.25, 0.3) is 0 Å². The van der Waals surface area contributed by atoms with Gasteiger partial charge in [0, 0.05) is 50.4 Å². The van der Waals surface area contributed by atoms with Crippen molar-refractivity contribution in [3.63, 3.8) is 0 Å². The van der Waals surface area contributed by atoms with E-state index in [2.05, 4.69) is 9.80 Å². The van der Waals surface area contributed by atoms with Gasteiger partial charge in [-0.15, -0.1) is 12.4 Å². The lowest BCUT2D eigenvalue weighted by atomic mass is 10.2. The predicted octanol–water partition coefficient (Wildman–Crippen LogP) is 3.40. The van der Waals surface area contributed by atoms with Crippen LogP contribution in [0.2, 0.25) is 0 Å². The first-order chi connectivity index (χ1) is 14.5. The standard InChI is InChI=1S/C23H30FN3O3.ClH/c1-17-15-22(28)27(23(17)29)10-4-9-25-11-13-26(14-12-25)20-16-18(24)7-8-21(20)30-19-5-2-3-6-19;/h7-8,15-16,19H,2-6,9-14H2,1H3;1H. The van der Waals surface area contributed by atoms with Gasteiger partial charge in [0.15, 0.2) is 0 Å². The van der Waals surface area contributed by atoms with E-state index in [1.165, 1.54) is 29.9 Å². The fourth-order valence-corrected chi connectivity index (χ4v) is 4.54. The Morgan fingerprint density at radius 1 is 1.06 bits per heavy atom. The van der Waals surface area contributed by atoms with Crippen LogP contribution in [0.5, 0.6) is 5.75 Å². The Kier molecular flexibility index (Phi) is 7.94. The third-order valence-corrected chi connectivity index (χ3v) is 6.27. The number of amides is 2. The average Bonchev–Trinajstić information content (AvgIpc) is 3.33. The van der Waals surface area contributed by atoms with E-state index < -0.39 is 0 Å². The second kappa shape index (κ2) is 10.5. The van der Waals surface area contributed by atoms with E-state index in [-0.39, 0.29) is 36.1 Å². The van der Waals surface area contributed by atoms with Crippen LogP contribution < -0.4 is 9.64 Å². The largest absolute Gasteiger partial charge is 0.488 e. The fourth-order valence-electron chi connectivity index (χ4n) is 4.54. The van der Waals surface area contributed by atoms with Crippen molar-refractivity contribution in [2.45, 2.75) is 45.1 Å². The van der Waals surface area contributed by atoms with Crippen molar-refractivity contribution in [1.82, 2.24) is 9.80 Å². The normalized spacial score (nSPS) is 20.3. The monoisotopic (exact) mass is 451 g/mol. The van der Waals surface area contributed by atoms with Crippen molar-refractivity contribution in [2.75, 3.05) is 44.2 Å². The molecule has 0 unspecified atom stereocenters. The Balaban J connectivity index is 0.00000272. The molecule has 8 heteroatoms. The van der Waals surface area contributed by atoms with Gasteiger partial charge in [-0.1, -0.05) is 0 Å². The number of carbonyl (C=O) groups excluding carboxylic acids is 2. The lowest BCUT2D eigenvalue weighted by Gasteiger charge is -2.37. The minimum atomic E-state index is -0.241. The Hall–Kier alpha value is -2.12. The average molecular weight is 452 g/mol. The number of benzene rings is 1. The van der Waals surface area contributed by atoms with Crippen molar-refractivity contribution in [3.05, 3.63) is 35.7 Å². The molecule has 0 spiro atoms. The Morgan fingerprint density at radius 3 is 2.42 bits per heavy atom. The topological polar surface area (TPSA) is 53.1 Å². The van der Waals surface area contributed by atoms with Gasteiger partial charge in [-0.2, -0.15) is 0 Å². The highest BCUT2D eigenvalue weighted by Crippen LogP contribution is 2.33. The van der Waals surface area contributed by atoms with E-state index >= 15 is 0 Å². The molecule has 6 nitrogen and oxygen atoms in total. The minimum absolute atomic E-state index is 0. The molecule has 3 aliphatic rings. The summed E-state index contributed by atoms with van der Waals surface area (Å²) in [5.74, 6) is 0.162. The van der Waals surface area contributed by atoms with E-state index in [1.807, 2.05) is 0 Å². The molecule has 0 bridgehead atoms. The molecule has 2 aliphatic heterocycles.